The van der Waals surface area contributed by atoms with Crippen molar-refractivity contribution in [2.45, 2.75) is 25.8 Å². The summed E-state index contributed by atoms with van der Waals surface area (Å²) >= 11 is 0. The number of nitrogens with two attached hydrogens (primary N) is 1. The summed E-state index contributed by atoms with van der Waals surface area (Å²) in [6.45, 7) is 2.08. The Bertz CT molecular complexity index is 1480. The Morgan fingerprint density at radius 1 is 1.17 bits per heavy atom. The van der Waals surface area contributed by atoms with Gasteiger partial charge in [-0.1, -0.05) is 24.3 Å². The van der Waals surface area contributed by atoms with Gasteiger partial charge in [0.05, 0.1) is 30.6 Å². The SMILES string of the molecule is COc1ccc(CCn2c(C)cc3c(c2=O)C(c2ccccc2[N+](=O)[O-])C(C#N)=C(N)O3)cc1OC. The highest BCUT2D eigenvalue weighted by Gasteiger charge is 2.37. The Morgan fingerprint density at radius 3 is 2.56 bits per heavy atom. The zero-order chi connectivity index (χ0) is 26.0. The lowest BCUT2D eigenvalue weighted by Gasteiger charge is -2.27. The van der Waals surface area contributed by atoms with E-state index in [0.29, 0.717) is 30.2 Å². The normalized spacial score (nSPS) is 14.4. The Balaban J connectivity index is 1.82. The summed E-state index contributed by atoms with van der Waals surface area (Å²) in [7, 11) is 3.11. The van der Waals surface area contributed by atoms with E-state index in [1.54, 1.807) is 43.9 Å². The van der Waals surface area contributed by atoms with Crippen LogP contribution in [-0.2, 0) is 13.0 Å². The predicted octanol–water partition coefficient (Wildman–Crippen LogP) is 3.54. The largest absolute Gasteiger partial charge is 0.493 e. The first-order chi connectivity index (χ1) is 17.3. The number of nitrogens with zero attached hydrogens (tertiary/aromatic N) is 3. The molecule has 2 heterocycles. The van der Waals surface area contributed by atoms with Crippen molar-refractivity contribution in [2.24, 2.45) is 5.73 Å². The third kappa shape index (κ3) is 4.22. The van der Waals surface area contributed by atoms with Gasteiger partial charge in [0.15, 0.2) is 11.5 Å². The summed E-state index contributed by atoms with van der Waals surface area (Å²) in [5.41, 5.74) is 7.21. The maximum Gasteiger partial charge on any atom is 0.273 e. The van der Waals surface area contributed by atoms with Crippen molar-refractivity contribution in [1.29, 1.82) is 5.26 Å². The van der Waals surface area contributed by atoms with Gasteiger partial charge in [-0.3, -0.25) is 14.9 Å². The van der Waals surface area contributed by atoms with Gasteiger partial charge in [0.1, 0.15) is 17.4 Å². The van der Waals surface area contributed by atoms with E-state index in [-0.39, 0.29) is 34.0 Å². The molecule has 1 aliphatic heterocycles. The molecule has 0 radical (unpaired) electrons. The highest BCUT2D eigenvalue weighted by atomic mass is 16.6. The molecule has 1 aromatic heterocycles. The van der Waals surface area contributed by atoms with E-state index in [1.165, 1.54) is 18.2 Å². The molecule has 4 rings (SSSR count). The Morgan fingerprint density at radius 2 is 1.89 bits per heavy atom. The van der Waals surface area contributed by atoms with Crippen LogP contribution in [0.5, 0.6) is 17.2 Å². The highest BCUT2D eigenvalue weighted by Crippen LogP contribution is 2.43. The minimum atomic E-state index is -1.04. The van der Waals surface area contributed by atoms with E-state index in [2.05, 4.69) is 0 Å². The molecule has 10 heteroatoms. The quantitative estimate of drug-likeness (QED) is 0.393. The number of rotatable bonds is 7. The average molecular weight is 489 g/mol. The van der Waals surface area contributed by atoms with Crippen molar-refractivity contribution < 1.29 is 19.1 Å². The maximum atomic E-state index is 13.8. The van der Waals surface area contributed by atoms with Gasteiger partial charge >= 0.3 is 0 Å². The topological polar surface area (TPSA) is 143 Å². The van der Waals surface area contributed by atoms with Crippen molar-refractivity contribution in [3.05, 3.63) is 103 Å². The molecule has 0 aliphatic carbocycles. The second-order valence-corrected chi connectivity index (χ2v) is 8.20. The molecule has 0 fully saturated rings. The van der Waals surface area contributed by atoms with E-state index >= 15 is 0 Å². The molecule has 0 spiro atoms. The fraction of sp³-hybridized carbons (Fsp3) is 0.231. The van der Waals surface area contributed by atoms with Crippen LogP contribution >= 0.6 is 0 Å². The van der Waals surface area contributed by atoms with Crippen LogP contribution in [0.1, 0.15) is 28.3 Å². The first-order valence-electron chi connectivity index (χ1n) is 11.1. The monoisotopic (exact) mass is 488 g/mol. The molecule has 1 aliphatic rings. The third-order valence-corrected chi connectivity index (χ3v) is 6.21. The Kier molecular flexibility index (Phi) is 6.65. The summed E-state index contributed by atoms with van der Waals surface area (Å²) in [5.74, 6) is 0.130. The Labute approximate surface area is 206 Å². The van der Waals surface area contributed by atoms with Crippen LogP contribution in [0.3, 0.4) is 0 Å². The summed E-state index contributed by atoms with van der Waals surface area (Å²) in [4.78, 5) is 25.0. The summed E-state index contributed by atoms with van der Waals surface area (Å²) < 4.78 is 17.9. The smallest absolute Gasteiger partial charge is 0.273 e. The molecule has 184 valence electrons. The van der Waals surface area contributed by atoms with Crippen LogP contribution in [0.15, 0.2) is 64.8 Å². The number of benzene rings is 2. The molecule has 2 aromatic carbocycles. The van der Waals surface area contributed by atoms with Gasteiger partial charge in [-0.15, -0.1) is 0 Å². The number of hydrogen-bond donors (Lipinski definition) is 1. The number of allylic oxidation sites excluding steroid dienone is 1. The average Bonchev–Trinajstić information content (AvgIpc) is 2.87. The Hall–Kier alpha value is -4.78. The van der Waals surface area contributed by atoms with E-state index in [4.69, 9.17) is 19.9 Å². The number of pyridine rings is 1. The first kappa shape index (κ1) is 24.3. The minimum Gasteiger partial charge on any atom is -0.493 e. The first-order valence-corrected chi connectivity index (χ1v) is 11.1. The minimum absolute atomic E-state index is 0.0517. The van der Waals surface area contributed by atoms with Crippen LogP contribution in [0.25, 0.3) is 0 Å². The number of fused-ring (bicyclic) bond motifs is 1. The zero-order valence-corrected chi connectivity index (χ0v) is 20.0. The number of aryl methyl sites for hydroxylation is 2. The van der Waals surface area contributed by atoms with Crippen molar-refractivity contribution >= 4 is 5.69 Å². The molecule has 10 nitrogen and oxygen atoms in total. The standard InChI is InChI=1S/C26H24N4O6/c1-15-12-22-24(26(31)29(15)11-10-16-8-9-20(34-2)21(13-16)35-3)23(18(14-27)25(28)36-22)17-6-4-5-7-19(17)30(32)33/h4-9,12-13,23H,10-11,28H2,1-3H3. The van der Waals surface area contributed by atoms with Gasteiger partial charge < -0.3 is 24.5 Å². The van der Waals surface area contributed by atoms with Crippen molar-refractivity contribution in [1.82, 2.24) is 4.57 Å². The van der Waals surface area contributed by atoms with Crippen LogP contribution in [0, 0.1) is 28.4 Å². The molecule has 0 amide bonds. The van der Waals surface area contributed by atoms with Crippen molar-refractivity contribution in [2.75, 3.05) is 14.2 Å². The predicted molar refractivity (Wildman–Crippen MR) is 131 cm³/mol. The molecule has 1 atom stereocenters. The summed E-state index contributed by atoms with van der Waals surface area (Å²) in [5, 5.41) is 21.6. The van der Waals surface area contributed by atoms with Gasteiger partial charge in [0, 0.05) is 29.9 Å². The number of nitro benzene ring substituents is 1. The summed E-state index contributed by atoms with van der Waals surface area (Å²) in [6, 6.07) is 15.2. The maximum absolute atomic E-state index is 13.8. The van der Waals surface area contributed by atoms with E-state index in [1.807, 2.05) is 18.2 Å². The molecule has 3 aromatic rings. The fourth-order valence-electron chi connectivity index (χ4n) is 4.45. The molecule has 0 saturated carbocycles. The number of hydrogen-bond acceptors (Lipinski definition) is 8. The van der Waals surface area contributed by atoms with Gasteiger partial charge in [-0.05, 0) is 31.0 Å². The van der Waals surface area contributed by atoms with Crippen LogP contribution < -0.4 is 25.5 Å². The van der Waals surface area contributed by atoms with Gasteiger partial charge in [-0.2, -0.15) is 5.26 Å². The van der Waals surface area contributed by atoms with Crippen molar-refractivity contribution in [3.8, 4) is 23.3 Å². The van der Waals surface area contributed by atoms with Gasteiger partial charge in [0.2, 0.25) is 5.88 Å². The lowest BCUT2D eigenvalue weighted by Crippen LogP contribution is -2.33. The number of para-hydroxylation sites is 1. The number of methoxy groups -OCH3 is 2. The fourth-order valence-corrected chi connectivity index (χ4v) is 4.45. The highest BCUT2D eigenvalue weighted by molar-refractivity contribution is 5.59. The van der Waals surface area contributed by atoms with E-state index in [0.717, 1.165) is 5.56 Å². The molecule has 1 unspecified atom stereocenters. The van der Waals surface area contributed by atoms with Gasteiger partial charge in [-0.25, -0.2) is 0 Å². The lowest BCUT2D eigenvalue weighted by atomic mass is 9.83. The van der Waals surface area contributed by atoms with Gasteiger partial charge in [0.25, 0.3) is 11.2 Å². The molecule has 36 heavy (non-hydrogen) atoms. The number of ether oxygens (including phenoxy) is 3. The van der Waals surface area contributed by atoms with Crippen molar-refractivity contribution in [3.63, 3.8) is 0 Å². The molecular formula is C26H24N4O6. The lowest BCUT2D eigenvalue weighted by molar-refractivity contribution is -0.385. The zero-order valence-electron chi connectivity index (χ0n) is 20.0. The number of nitriles is 1. The number of nitro groups is 1. The number of aromatic nitrogens is 1. The third-order valence-electron chi connectivity index (χ3n) is 6.21. The molecule has 0 bridgehead atoms. The van der Waals surface area contributed by atoms with Crippen LogP contribution in [-0.4, -0.2) is 23.7 Å². The van der Waals surface area contributed by atoms with Crippen LogP contribution in [0.4, 0.5) is 5.69 Å². The molecule has 2 N–H and O–H groups in total. The van der Waals surface area contributed by atoms with E-state index in [9.17, 15) is 20.2 Å². The molecule has 0 saturated heterocycles. The van der Waals surface area contributed by atoms with E-state index < -0.39 is 16.4 Å². The molecular weight excluding hydrogens is 464 g/mol. The summed E-state index contributed by atoms with van der Waals surface area (Å²) in [6.07, 6.45) is 0.500. The van der Waals surface area contributed by atoms with Crippen LogP contribution in [0.2, 0.25) is 0 Å². The second-order valence-electron chi connectivity index (χ2n) is 8.20. The second kappa shape index (κ2) is 9.84.